The fourth-order valence-electron chi connectivity index (χ4n) is 0.995. The normalized spacial score (nSPS) is 10.5. The van der Waals surface area contributed by atoms with Gasteiger partial charge in [0.1, 0.15) is 5.69 Å². The minimum Gasteiger partial charge on any atom is -0.477 e. The van der Waals surface area contributed by atoms with Gasteiger partial charge < -0.3 is 10.1 Å². The lowest BCUT2D eigenvalue weighted by molar-refractivity contribution is 0.0690. The van der Waals surface area contributed by atoms with Crippen LogP contribution in [0.5, 0.6) is 0 Å². The predicted molar refractivity (Wildman–Crippen MR) is 45.9 cm³/mol. The maximum Gasteiger partial charge on any atom is 0.354 e. The summed E-state index contributed by atoms with van der Waals surface area (Å²) in [6, 6.07) is 1.36. The van der Waals surface area contributed by atoms with E-state index >= 15 is 0 Å². The first-order valence-corrected chi connectivity index (χ1v) is 3.79. The molecule has 0 aliphatic carbocycles. The van der Waals surface area contributed by atoms with Crippen molar-refractivity contribution in [2.24, 2.45) is 0 Å². The Hall–Kier alpha value is -1.62. The van der Waals surface area contributed by atoms with E-state index in [1.54, 1.807) is 0 Å². The molecule has 0 amide bonds. The van der Waals surface area contributed by atoms with Crippen LogP contribution in [0.2, 0.25) is 5.28 Å². The summed E-state index contributed by atoms with van der Waals surface area (Å²) in [6.07, 6.45) is 1.39. The van der Waals surface area contributed by atoms with Crippen LogP contribution in [0, 0.1) is 0 Å². The minimum atomic E-state index is -1.08. The van der Waals surface area contributed by atoms with Crippen molar-refractivity contribution < 1.29 is 9.90 Å². The molecule has 0 saturated heterocycles. The molecule has 0 radical (unpaired) electrons. The quantitative estimate of drug-likeness (QED) is 0.723. The molecular weight excluding hydrogens is 194 g/mol. The van der Waals surface area contributed by atoms with Crippen LogP contribution in [-0.4, -0.2) is 26.0 Å². The molecule has 2 aromatic heterocycles. The number of pyridine rings is 1. The van der Waals surface area contributed by atoms with Crippen molar-refractivity contribution in [1.29, 1.82) is 0 Å². The van der Waals surface area contributed by atoms with E-state index in [0.29, 0.717) is 11.0 Å². The summed E-state index contributed by atoms with van der Waals surface area (Å²) in [4.78, 5) is 20.8. The van der Waals surface area contributed by atoms with E-state index in [1.165, 1.54) is 12.3 Å². The number of H-pyrrole nitrogens is 1. The Labute approximate surface area is 77.4 Å². The number of rotatable bonds is 1. The zero-order valence-corrected chi connectivity index (χ0v) is 7.04. The predicted octanol–water partition coefficient (Wildman–Crippen LogP) is 1.31. The average Bonchev–Trinajstić information content (AvgIpc) is 2.42. The van der Waals surface area contributed by atoms with Crippen molar-refractivity contribution in [2.75, 3.05) is 0 Å². The van der Waals surface area contributed by atoms with Gasteiger partial charge in [0.15, 0.2) is 0 Å². The largest absolute Gasteiger partial charge is 0.477 e. The highest BCUT2D eigenvalue weighted by Crippen LogP contribution is 2.13. The van der Waals surface area contributed by atoms with Gasteiger partial charge in [0.25, 0.3) is 0 Å². The van der Waals surface area contributed by atoms with Crippen LogP contribution in [0.15, 0.2) is 12.3 Å². The van der Waals surface area contributed by atoms with Gasteiger partial charge in [-0.2, -0.15) is 0 Å². The number of carboxylic acids is 1. The van der Waals surface area contributed by atoms with Crippen molar-refractivity contribution in [3.8, 4) is 0 Å². The van der Waals surface area contributed by atoms with E-state index in [-0.39, 0.29) is 11.0 Å². The number of hydrogen-bond donors (Lipinski definition) is 2. The van der Waals surface area contributed by atoms with E-state index in [9.17, 15) is 4.79 Å². The van der Waals surface area contributed by atoms with Crippen LogP contribution in [0.3, 0.4) is 0 Å². The maximum atomic E-state index is 10.5. The molecule has 6 heteroatoms. The molecule has 0 aliphatic rings. The number of halogens is 1. The van der Waals surface area contributed by atoms with E-state index < -0.39 is 5.97 Å². The summed E-state index contributed by atoms with van der Waals surface area (Å²) in [7, 11) is 0. The topological polar surface area (TPSA) is 78.9 Å². The highest BCUT2D eigenvalue weighted by atomic mass is 35.5. The third-order valence-electron chi connectivity index (χ3n) is 1.56. The Morgan fingerprint density at radius 1 is 1.62 bits per heavy atom. The summed E-state index contributed by atoms with van der Waals surface area (Å²) >= 11 is 5.57. The van der Waals surface area contributed by atoms with Gasteiger partial charge in [-0.3, -0.25) is 0 Å². The zero-order chi connectivity index (χ0) is 9.42. The number of aromatic carboxylic acids is 1. The molecule has 0 aromatic carbocycles. The fraction of sp³-hybridized carbons (Fsp3) is 0. The summed E-state index contributed by atoms with van der Waals surface area (Å²) in [5, 5.41) is 8.84. The summed E-state index contributed by atoms with van der Waals surface area (Å²) < 4.78 is 0. The molecule has 0 atom stereocenters. The van der Waals surface area contributed by atoms with Gasteiger partial charge in [0, 0.05) is 0 Å². The second-order valence-corrected chi connectivity index (χ2v) is 2.78. The molecule has 0 aliphatic heterocycles. The van der Waals surface area contributed by atoms with Gasteiger partial charge in [-0.25, -0.2) is 14.8 Å². The number of imidazole rings is 1. The van der Waals surface area contributed by atoms with Crippen LogP contribution < -0.4 is 0 Å². The molecular formula is C7H4ClN3O2. The minimum absolute atomic E-state index is 0.0457. The summed E-state index contributed by atoms with van der Waals surface area (Å²) in [5.41, 5.74) is 1.07. The fourth-order valence-corrected chi connectivity index (χ4v) is 1.19. The van der Waals surface area contributed by atoms with Gasteiger partial charge in [-0.05, 0) is 17.7 Å². The van der Waals surface area contributed by atoms with E-state index in [0.717, 1.165) is 0 Å². The van der Waals surface area contributed by atoms with Crippen LogP contribution in [0.25, 0.3) is 11.0 Å². The van der Waals surface area contributed by atoms with Gasteiger partial charge >= 0.3 is 5.97 Å². The van der Waals surface area contributed by atoms with Crippen molar-refractivity contribution >= 4 is 28.6 Å². The highest BCUT2D eigenvalue weighted by molar-refractivity contribution is 6.29. The Balaban J connectivity index is 2.67. The molecule has 0 unspecified atom stereocenters. The van der Waals surface area contributed by atoms with Gasteiger partial charge in [-0.15, -0.1) is 0 Å². The van der Waals surface area contributed by atoms with Crippen LogP contribution in [0.1, 0.15) is 10.5 Å². The summed E-state index contributed by atoms with van der Waals surface area (Å²) in [5.74, 6) is -1.08. The Kier molecular flexibility index (Phi) is 1.66. The Morgan fingerprint density at radius 2 is 2.38 bits per heavy atom. The van der Waals surface area contributed by atoms with Crippen molar-refractivity contribution in [1.82, 2.24) is 15.0 Å². The first kappa shape index (κ1) is 8.00. The van der Waals surface area contributed by atoms with E-state index in [1.807, 2.05) is 0 Å². The molecule has 2 aromatic rings. The molecule has 13 heavy (non-hydrogen) atoms. The van der Waals surface area contributed by atoms with E-state index in [2.05, 4.69) is 15.0 Å². The smallest absolute Gasteiger partial charge is 0.354 e. The number of nitrogens with zero attached hydrogens (tertiary/aromatic N) is 2. The molecule has 5 nitrogen and oxygen atoms in total. The monoisotopic (exact) mass is 197 g/mol. The number of hydrogen-bond acceptors (Lipinski definition) is 3. The molecule has 0 saturated carbocycles. The van der Waals surface area contributed by atoms with Gasteiger partial charge in [0.05, 0.1) is 17.2 Å². The molecule has 2 N–H and O–H groups in total. The zero-order valence-electron chi connectivity index (χ0n) is 6.28. The second kappa shape index (κ2) is 2.70. The van der Waals surface area contributed by atoms with Crippen LogP contribution >= 0.6 is 11.6 Å². The second-order valence-electron chi connectivity index (χ2n) is 2.42. The van der Waals surface area contributed by atoms with Crippen molar-refractivity contribution in [3.63, 3.8) is 0 Å². The van der Waals surface area contributed by atoms with Gasteiger partial charge in [-0.1, -0.05) is 0 Å². The van der Waals surface area contributed by atoms with Crippen LogP contribution in [0.4, 0.5) is 0 Å². The Bertz CT molecular complexity index is 480. The van der Waals surface area contributed by atoms with Crippen molar-refractivity contribution in [3.05, 3.63) is 23.2 Å². The molecule has 0 spiro atoms. The lowest BCUT2D eigenvalue weighted by Gasteiger charge is -1.91. The third-order valence-corrected chi connectivity index (χ3v) is 1.74. The number of aromatic nitrogens is 3. The lowest BCUT2D eigenvalue weighted by Crippen LogP contribution is -1.98. The first-order valence-electron chi connectivity index (χ1n) is 3.41. The van der Waals surface area contributed by atoms with Crippen LogP contribution in [-0.2, 0) is 0 Å². The maximum absolute atomic E-state index is 10.5. The molecule has 0 bridgehead atoms. The highest BCUT2D eigenvalue weighted by Gasteiger charge is 2.07. The molecule has 2 rings (SSSR count). The SMILES string of the molecule is O=C(O)c1cc2nc(Cl)[nH]c2cn1. The number of nitrogens with one attached hydrogen (secondary N) is 1. The number of fused-ring (bicyclic) bond motifs is 1. The van der Waals surface area contributed by atoms with Crippen molar-refractivity contribution in [2.45, 2.75) is 0 Å². The molecule has 0 fully saturated rings. The number of carbonyl (C=O) groups is 1. The average molecular weight is 198 g/mol. The van der Waals surface area contributed by atoms with Gasteiger partial charge in [0.2, 0.25) is 5.28 Å². The first-order chi connectivity index (χ1) is 6.16. The standard InChI is InChI=1S/C7H4ClN3O2/c8-7-10-3-1-4(6(12)13)9-2-5(3)11-7/h1-2H,(H,10,11)(H,12,13). The third kappa shape index (κ3) is 1.33. The van der Waals surface area contributed by atoms with E-state index in [4.69, 9.17) is 16.7 Å². The Morgan fingerprint density at radius 3 is 3.08 bits per heavy atom. The molecule has 2 heterocycles. The summed E-state index contributed by atoms with van der Waals surface area (Å²) in [6.45, 7) is 0. The number of aromatic amines is 1. The molecule has 66 valence electrons. The lowest BCUT2D eigenvalue weighted by atomic mass is 10.3. The number of carboxylic acid groups (broad SMARTS) is 1.